The van der Waals surface area contributed by atoms with Crippen molar-refractivity contribution in [1.29, 1.82) is 0 Å². The lowest BCUT2D eigenvalue weighted by Gasteiger charge is -1.94. The Bertz CT molecular complexity index is 336. The summed E-state index contributed by atoms with van der Waals surface area (Å²) in [5.41, 5.74) is 1.21. The highest BCUT2D eigenvalue weighted by molar-refractivity contribution is 7.12. The normalized spacial score (nSPS) is 10.3. The second-order valence-corrected chi connectivity index (χ2v) is 3.12. The average molecular weight is 165 g/mol. The molecule has 2 aromatic rings. The summed E-state index contributed by atoms with van der Waals surface area (Å²) in [7, 11) is 0. The Morgan fingerprint density at radius 1 is 1.36 bits per heavy atom. The van der Waals surface area contributed by atoms with Gasteiger partial charge in [0.2, 0.25) is 0 Å². The van der Waals surface area contributed by atoms with E-state index in [4.69, 9.17) is 0 Å². The molecule has 4 heteroatoms. The molecule has 0 saturated carbocycles. The van der Waals surface area contributed by atoms with Gasteiger partial charge in [0.05, 0.1) is 12.4 Å². The molecular formula is C7H7N3S. The van der Waals surface area contributed by atoms with Crippen LogP contribution in [-0.2, 0) is 0 Å². The van der Waals surface area contributed by atoms with E-state index in [0.717, 1.165) is 5.00 Å². The number of nitrogens with zero attached hydrogens (tertiary/aromatic N) is 3. The fourth-order valence-corrected chi connectivity index (χ4v) is 1.73. The third-order valence-corrected chi connectivity index (χ3v) is 2.42. The van der Waals surface area contributed by atoms with Crippen LogP contribution in [0.2, 0.25) is 0 Å². The maximum atomic E-state index is 4.04. The van der Waals surface area contributed by atoms with Gasteiger partial charge in [-0.15, -0.1) is 16.1 Å². The maximum Gasteiger partial charge on any atom is 0.141 e. The van der Waals surface area contributed by atoms with E-state index in [2.05, 4.69) is 23.2 Å². The fraction of sp³-hybridized carbons (Fsp3) is 0.143. The Labute approximate surface area is 68.3 Å². The summed E-state index contributed by atoms with van der Waals surface area (Å²) in [6, 6.07) is 2.06. The molecule has 0 aliphatic rings. The quantitative estimate of drug-likeness (QED) is 0.643. The summed E-state index contributed by atoms with van der Waals surface area (Å²) in [6.45, 7) is 2.05. The van der Waals surface area contributed by atoms with Crippen LogP contribution >= 0.6 is 11.3 Å². The zero-order valence-corrected chi connectivity index (χ0v) is 6.88. The van der Waals surface area contributed by atoms with Gasteiger partial charge in [0.25, 0.3) is 0 Å². The van der Waals surface area contributed by atoms with Crippen molar-refractivity contribution in [2.24, 2.45) is 0 Å². The topological polar surface area (TPSA) is 30.7 Å². The van der Waals surface area contributed by atoms with Crippen molar-refractivity contribution in [2.45, 2.75) is 6.92 Å². The molecule has 0 unspecified atom stereocenters. The van der Waals surface area contributed by atoms with E-state index in [1.165, 1.54) is 5.56 Å². The zero-order chi connectivity index (χ0) is 7.68. The third kappa shape index (κ3) is 1.05. The molecule has 0 spiro atoms. The van der Waals surface area contributed by atoms with Gasteiger partial charge in [0.15, 0.2) is 0 Å². The van der Waals surface area contributed by atoms with Crippen LogP contribution in [0.1, 0.15) is 5.56 Å². The van der Waals surface area contributed by atoms with Gasteiger partial charge in [0, 0.05) is 0 Å². The van der Waals surface area contributed by atoms with Crippen LogP contribution in [0.25, 0.3) is 5.00 Å². The molecule has 0 aliphatic heterocycles. The average Bonchev–Trinajstić information content (AvgIpc) is 2.55. The SMILES string of the molecule is Cc1ccsc1-n1nccn1. The predicted molar refractivity (Wildman–Crippen MR) is 44.0 cm³/mol. The van der Waals surface area contributed by atoms with Crippen molar-refractivity contribution >= 4 is 11.3 Å². The second-order valence-electron chi connectivity index (χ2n) is 2.23. The summed E-state index contributed by atoms with van der Waals surface area (Å²) in [6.07, 6.45) is 3.36. The molecule has 2 heterocycles. The number of aryl methyl sites for hydroxylation is 1. The molecule has 0 saturated heterocycles. The monoisotopic (exact) mass is 165 g/mol. The first-order valence-corrected chi connectivity index (χ1v) is 4.16. The van der Waals surface area contributed by atoms with E-state index in [0.29, 0.717) is 0 Å². The lowest BCUT2D eigenvalue weighted by atomic mass is 10.4. The summed E-state index contributed by atoms with van der Waals surface area (Å²) in [4.78, 5) is 1.64. The molecule has 0 fully saturated rings. The highest BCUT2D eigenvalue weighted by Gasteiger charge is 2.01. The van der Waals surface area contributed by atoms with Crippen LogP contribution < -0.4 is 0 Å². The Morgan fingerprint density at radius 2 is 2.09 bits per heavy atom. The van der Waals surface area contributed by atoms with Crippen molar-refractivity contribution < 1.29 is 0 Å². The van der Waals surface area contributed by atoms with Gasteiger partial charge in [-0.25, -0.2) is 0 Å². The molecule has 0 atom stereocenters. The van der Waals surface area contributed by atoms with Crippen molar-refractivity contribution in [3.05, 3.63) is 29.4 Å². The van der Waals surface area contributed by atoms with Crippen LogP contribution in [0.3, 0.4) is 0 Å². The van der Waals surface area contributed by atoms with E-state index in [1.54, 1.807) is 28.5 Å². The first-order valence-electron chi connectivity index (χ1n) is 3.29. The van der Waals surface area contributed by atoms with Gasteiger partial charge in [-0.3, -0.25) is 0 Å². The predicted octanol–water partition coefficient (Wildman–Crippen LogP) is 1.64. The van der Waals surface area contributed by atoms with E-state index in [-0.39, 0.29) is 0 Å². The van der Waals surface area contributed by atoms with Crippen LogP contribution in [-0.4, -0.2) is 15.0 Å². The number of thiophene rings is 1. The maximum absolute atomic E-state index is 4.04. The van der Waals surface area contributed by atoms with Gasteiger partial charge >= 0.3 is 0 Å². The molecule has 2 aromatic heterocycles. The summed E-state index contributed by atoms with van der Waals surface area (Å²) < 4.78 is 0. The fourth-order valence-electron chi connectivity index (χ4n) is 0.890. The highest BCUT2D eigenvalue weighted by atomic mass is 32.1. The van der Waals surface area contributed by atoms with Gasteiger partial charge in [0.1, 0.15) is 5.00 Å². The summed E-state index contributed by atoms with van der Waals surface area (Å²) in [5.74, 6) is 0. The molecule has 0 bridgehead atoms. The molecule has 11 heavy (non-hydrogen) atoms. The Kier molecular flexibility index (Phi) is 1.47. The van der Waals surface area contributed by atoms with Crippen LogP contribution in [0, 0.1) is 6.92 Å². The number of hydrogen-bond acceptors (Lipinski definition) is 3. The molecule has 2 rings (SSSR count). The van der Waals surface area contributed by atoms with Crippen molar-refractivity contribution in [1.82, 2.24) is 15.0 Å². The smallest absolute Gasteiger partial charge is 0.141 e. The number of aromatic nitrogens is 3. The van der Waals surface area contributed by atoms with Gasteiger partial charge in [-0.05, 0) is 23.9 Å². The van der Waals surface area contributed by atoms with Crippen LogP contribution in [0.15, 0.2) is 23.8 Å². The third-order valence-electron chi connectivity index (χ3n) is 1.44. The molecule has 0 radical (unpaired) electrons. The highest BCUT2D eigenvalue weighted by Crippen LogP contribution is 2.17. The van der Waals surface area contributed by atoms with Gasteiger partial charge in [-0.2, -0.15) is 10.2 Å². The minimum atomic E-state index is 1.09. The second kappa shape index (κ2) is 2.47. The number of hydrogen-bond donors (Lipinski definition) is 0. The largest absolute Gasteiger partial charge is 0.156 e. The molecule has 0 amide bonds. The van der Waals surface area contributed by atoms with E-state index in [1.807, 2.05) is 5.38 Å². The van der Waals surface area contributed by atoms with Crippen LogP contribution in [0.4, 0.5) is 0 Å². The Morgan fingerprint density at radius 3 is 2.64 bits per heavy atom. The van der Waals surface area contributed by atoms with E-state index in [9.17, 15) is 0 Å². The molecule has 0 aliphatic carbocycles. The standard InChI is InChI=1S/C7H7N3S/c1-6-2-5-11-7(6)10-8-3-4-9-10/h2-5H,1H3. The molecule has 0 aromatic carbocycles. The van der Waals surface area contributed by atoms with E-state index < -0.39 is 0 Å². The minimum absolute atomic E-state index is 1.09. The minimum Gasteiger partial charge on any atom is -0.156 e. The Balaban J connectivity index is 2.53. The lowest BCUT2D eigenvalue weighted by molar-refractivity contribution is 0.761. The Hall–Kier alpha value is -1.16. The van der Waals surface area contributed by atoms with Crippen molar-refractivity contribution in [2.75, 3.05) is 0 Å². The molecule has 56 valence electrons. The van der Waals surface area contributed by atoms with Gasteiger partial charge < -0.3 is 0 Å². The first-order chi connectivity index (χ1) is 5.38. The lowest BCUT2D eigenvalue weighted by Crippen LogP contribution is -1.96. The van der Waals surface area contributed by atoms with Crippen molar-refractivity contribution in [3.63, 3.8) is 0 Å². The van der Waals surface area contributed by atoms with Gasteiger partial charge in [-0.1, -0.05) is 0 Å². The van der Waals surface area contributed by atoms with Crippen LogP contribution in [0.5, 0.6) is 0 Å². The zero-order valence-electron chi connectivity index (χ0n) is 6.06. The molecular weight excluding hydrogens is 158 g/mol. The van der Waals surface area contributed by atoms with Crippen molar-refractivity contribution in [3.8, 4) is 5.00 Å². The number of rotatable bonds is 1. The first kappa shape index (κ1) is 6.54. The molecule has 0 N–H and O–H groups in total. The summed E-state index contributed by atoms with van der Waals surface area (Å²) in [5, 5.41) is 11.2. The summed E-state index contributed by atoms with van der Waals surface area (Å²) >= 11 is 1.65. The van der Waals surface area contributed by atoms with E-state index >= 15 is 0 Å². The molecule has 3 nitrogen and oxygen atoms in total.